The van der Waals surface area contributed by atoms with Gasteiger partial charge in [0.05, 0.1) is 13.3 Å². The van der Waals surface area contributed by atoms with Gasteiger partial charge in [-0.25, -0.2) is 9.97 Å². The molecule has 7 heteroatoms. The summed E-state index contributed by atoms with van der Waals surface area (Å²) >= 11 is 0. The summed E-state index contributed by atoms with van der Waals surface area (Å²) < 4.78 is 11.2. The molecule has 0 unspecified atom stereocenters. The van der Waals surface area contributed by atoms with E-state index < -0.39 is 0 Å². The van der Waals surface area contributed by atoms with E-state index in [4.69, 9.17) is 9.47 Å². The number of aromatic amines is 1. The Kier molecular flexibility index (Phi) is 4.94. The Labute approximate surface area is 167 Å². The third kappa shape index (κ3) is 3.93. The van der Waals surface area contributed by atoms with Gasteiger partial charge < -0.3 is 19.8 Å². The number of carbonyl (C=O) groups excluding carboxylic acids is 1. The first kappa shape index (κ1) is 18.2. The molecule has 1 amide bonds. The summed E-state index contributed by atoms with van der Waals surface area (Å²) in [6.45, 7) is 3.44. The Morgan fingerprint density at radius 3 is 2.83 bits per heavy atom. The van der Waals surface area contributed by atoms with Crippen molar-refractivity contribution in [2.24, 2.45) is 0 Å². The molecule has 2 N–H and O–H groups in total. The fourth-order valence-electron chi connectivity index (χ4n) is 2.89. The van der Waals surface area contributed by atoms with E-state index in [0.29, 0.717) is 28.5 Å². The highest BCUT2D eigenvalue weighted by Crippen LogP contribution is 2.31. The maximum absolute atomic E-state index is 11.5. The van der Waals surface area contributed by atoms with Gasteiger partial charge in [0.2, 0.25) is 11.8 Å². The topological polar surface area (TPSA) is 89.1 Å². The van der Waals surface area contributed by atoms with Crippen molar-refractivity contribution in [1.29, 1.82) is 0 Å². The maximum Gasteiger partial charge on any atom is 0.247 e. The lowest BCUT2D eigenvalue weighted by Gasteiger charge is -2.08. The smallest absolute Gasteiger partial charge is 0.247 e. The van der Waals surface area contributed by atoms with E-state index in [1.54, 1.807) is 37.6 Å². The van der Waals surface area contributed by atoms with Crippen LogP contribution in [0, 0.1) is 0 Å². The number of carbonyl (C=O) groups is 1. The number of nitrogens with one attached hydrogen (secondary N) is 2. The van der Waals surface area contributed by atoms with Crippen molar-refractivity contribution in [1.82, 2.24) is 15.0 Å². The molecule has 7 nitrogen and oxygen atoms in total. The Bertz CT molecular complexity index is 1200. The number of fused-ring (bicyclic) bond motifs is 1. The van der Waals surface area contributed by atoms with Crippen molar-refractivity contribution in [3.63, 3.8) is 0 Å². The average molecular weight is 386 g/mol. The van der Waals surface area contributed by atoms with E-state index in [-0.39, 0.29) is 5.91 Å². The first-order chi connectivity index (χ1) is 14.2. The quantitative estimate of drug-likeness (QED) is 0.475. The van der Waals surface area contributed by atoms with Crippen LogP contribution < -0.4 is 14.8 Å². The van der Waals surface area contributed by atoms with Gasteiger partial charge in [-0.05, 0) is 35.9 Å². The second-order valence-electron chi connectivity index (χ2n) is 6.16. The minimum absolute atomic E-state index is 0.293. The van der Waals surface area contributed by atoms with Crippen LogP contribution >= 0.6 is 0 Å². The molecule has 0 saturated heterocycles. The molecule has 144 valence electrons. The maximum atomic E-state index is 11.5. The van der Waals surface area contributed by atoms with Gasteiger partial charge in [-0.3, -0.25) is 4.79 Å². The monoisotopic (exact) mass is 386 g/mol. The number of hydrogen-bond acceptors (Lipinski definition) is 5. The first-order valence-electron chi connectivity index (χ1n) is 8.86. The van der Waals surface area contributed by atoms with Crippen LogP contribution in [0.1, 0.15) is 0 Å². The largest absolute Gasteiger partial charge is 0.497 e. The van der Waals surface area contributed by atoms with E-state index in [1.165, 1.54) is 6.08 Å². The first-order valence-corrected chi connectivity index (χ1v) is 8.86. The summed E-state index contributed by atoms with van der Waals surface area (Å²) in [5.74, 6) is 1.33. The van der Waals surface area contributed by atoms with E-state index in [9.17, 15) is 4.79 Å². The molecule has 0 fully saturated rings. The predicted molar refractivity (Wildman–Crippen MR) is 111 cm³/mol. The molecule has 0 bridgehead atoms. The van der Waals surface area contributed by atoms with Crippen molar-refractivity contribution in [2.75, 3.05) is 12.4 Å². The molecule has 4 rings (SSSR count). The van der Waals surface area contributed by atoms with Gasteiger partial charge in [0, 0.05) is 23.5 Å². The summed E-state index contributed by atoms with van der Waals surface area (Å²) in [6.07, 6.45) is 4.61. The second kappa shape index (κ2) is 7.85. The van der Waals surface area contributed by atoms with Gasteiger partial charge in [-0.1, -0.05) is 24.8 Å². The molecule has 0 aliphatic carbocycles. The summed E-state index contributed by atoms with van der Waals surface area (Å²) in [7, 11) is 1.63. The SMILES string of the molecule is C=CC(=O)Nc1cccc(Oc2cnc3[nH]cc(-c4cccc(OC)c4)c3n2)c1. The lowest BCUT2D eigenvalue weighted by molar-refractivity contribution is -0.111. The molecule has 0 aliphatic heterocycles. The standard InChI is InChI=1S/C22H18N4O3/c1-3-19(27)25-15-7-5-9-17(11-15)29-20-13-24-22-21(26-20)18(12-23-22)14-6-4-8-16(10-14)28-2/h3-13H,1H2,2H3,(H,23,24)(H,25,27). The number of rotatable bonds is 6. The van der Waals surface area contributed by atoms with Crippen LogP contribution in [0.4, 0.5) is 5.69 Å². The van der Waals surface area contributed by atoms with Gasteiger partial charge in [-0.15, -0.1) is 0 Å². The number of benzene rings is 2. The van der Waals surface area contributed by atoms with Crippen molar-refractivity contribution in [2.45, 2.75) is 0 Å². The zero-order chi connectivity index (χ0) is 20.2. The molecule has 29 heavy (non-hydrogen) atoms. The molecular weight excluding hydrogens is 368 g/mol. The third-order valence-corrected chi connectivity index (χ3v) is 4.25. The molecule has 0 atom stereocenters. The molecule has 0 radical (unpaired) electrons. The third-order valence-electron chi connectivity index (χ3n) is 4.25. The Morgan fingerprint density at radius 2 is 2.00 bits per heavy atom. The summed E-state index contributed by atoms with van der Waals surface area (Å²) in [4.78, 5) is 23.6. The second-order valence-corrected chi connectivity index (χ2v) is 6.16. The van der Waals surface area contributed by atoms with Gasteiger partial charge in [0.25, 0.3) is 0 Å². The average Bonchev–Trinajstić information content (AvgIpc) is 3.17. The van der Waals surface area contributed by atoms with Gasteiger partial charge in [-0.2, -0.15) is 0 Å². The van der Waals surface area contributed by atoms with Gasteiger partial charge in [0.15, 0.2) is 5.65 Å². The van der Waals surface area contributed by atoms with Crippen LogP contribution in [0.3, 0.4) is 0 Å². The minimum atomic E-state index is -0.293. The number of aromatic nitrogens is 3. The molecule has 2 aromatic heterocycles. The number of amides is 1. The number of methoxy groups -OCH3 is 1. The summed E-state index contributed by atoms with van der Waals surface area (Å²) in [5, 5.41) is 2.69. The lowest BCUT2D eigenvalue weighted by atomic mass is 10.1. The summed E-state index contributed by atoms with van der Waals surface area (Å²) in [6, 6.07) is 14.7. The van der Waals surface area contributed by atoms with Crippen LogP contribution in [-0.4, -0.2) is 28.0 Å². The van der Waals surface area contributed by atoms with Gasteiger partial charge >= 0.3 is 0 Å². The highest BCUT2D eigenvalue weighted by Gasteiger charge is 2.12. The van der Waals surface area contributed by atoms with Gasteiger partial charge in [0.1, 0.15) is 17.0 Å². The Morgan fingerprint density at radius 1 is 1.17 bits per heavy atom. The summed E-state index contributed by atoms with van der Waals surface area (Å²) in [5.41, 5.74) is 3.79. The molecule has 2 aromatic carbocycles. The van der Waals surface area contributed by atoms with Crippen molar-refractivity contribution >= 4 is 22.8 Å². The number of H-pyrrole nitrogens is 1. The lowest BCUT2D eigenvalue weighted by Crippen LogP contribution is -2.07. The molecule has 0 saturated carbocycles. The van der Waals surface area contributed by atoms with E-state index in [0.717, 1.165) is 16.9 Å². The van der Waals surface area contributed by atoms with Crippen molar-refractivity contribution in [3.8, 4) is 28.5 Å². The highest BCUT2D eigenvalue weighted by molar-refractivity contribution is 5.99. The van der Waals surface area contributed by atoms with E-state index in [1.807, 2.05) is 30.5 Å². The molecule has 0 aliphatic rings. The zero-order valence-electron chi connectivity index (χ0n) is 15.7. The van der Waals surface area contributed by atoms with Crippen LogP contribution in [0.15, 0.2) is 73.6 Å². The number of nitrogens with zero attached hydrogens (tertiary/aromatic N) is 2. The normalized spacial score (nSPS) is 10.5. The minimum Gasteiger partial charge on any atom is -0.497 e. The number of ether oxygens (including phenoxy) is 2. The Balaban J connectivity index is 1.65. The fourth-order valence-corrected chi connectivity index (χ4v) is 2.89. The molecule has 0 spiro atoms. The van der Waals surface area contributed by atoms with Crippen molar-refractivity contribution in [3.05, 3.63) is 73.6 Å². The van der Waals surface area contributed by atoms with Crippen LogP contribution in [0.5, 0.6) is 17.4 Å². The molecule has 4 aromatic rings. The van der Waals surface area contributed by atoms with Crippen LogP contribution in [0.25, 0.3) is 22.3 Å². The zero-order valence-corrected chi connectivity index (χ0v) is 15.7. The Hall–Kier alpha value is -4.13. The number of anilines is 1. The van der Waals surface area contributed by atoms with E-state index >= 15 is 0 Å². The highest BCUT2D eigenvalue weighted by atomic mass is 16.5. The fraction of sp³-hybridized carbons (Fsp3) is 0.0455. The van der Waals surface area contributed by atoms with Crippen LogP contribution in [-0.2, 0) is 4.79 Å². The predicted octanol–water partition coefficient (Wildman–Crippen LogP) is 4.55. The molecule has 2 heterocycles. The number of hydrogen-bond donors (Lipinski definition) is 2. The van der Waals surface area contributed by atoms with E-state index in [2.05, 4.69) is 26.8 Å². The van der Waals surface area contributed by atoms with Crippen LogP contribution in [0.2, 0.25) is 0 Å². The van der Waals surface area contributed by atoms with Crippen molar-refractivity contribution < 1.29 is 14.3 Å². The molecular formula is C22H18N4O3.